The van der Waals surface area contributed by atoms with E-state index in [-0.39, 0.29) is 12.1 Å². The second-order valence-electron chi connectivity index (χ2n) is 6.43. The Labute approximate surface area is 168 Å². The van der Waals surface area contributed by atoms with Crippen molar-refractivity contribution in [1.29, 1.82) is 5.26 Å². The summed E-state index contributed by atoms with van der Waals surface area (Å²) in [4.78, 5) is 25.2. The zero-order valence-electron chi connectivity index (χ0n) is 14.7. The van der Waals surface area contributed by atoms with Gasteiger partial charge in [-0.3, -0.25) is 4.79 Å². The van der Waals surface area contributed by atoms with E-state index in [1.807, 2.05) is 6.07 Å². The fourth-order valence-corrected chi connectivity index (χ4v) is 3.39. The van der Waals surface area contributed by atoms with Crippen LogP contribution in [-0.4, -0.2) is 29.4 Å². The number of carbonyl (C=O) groups is 2. The number of alkyl halides is 3. The predicted octanol–water partition coefficient (Wildman–Crippen LogP) is 3.20. The molecule has 0 radical (unpaired) electrons. The van der Waals surface area contributed by atoms with E-state index in [2.05, 4.69) is 5.32 Å². The van der Waals surface area contributed by atoms with Crippen molar-refractivity contribution in [2.75, 3.05) is 6.54 Å². The van der Waals surface area contributed by atoms with Crippen LogP contribution >= 0.6 is 11.6 Å². The SMILES string of the molecule is N#Cc1ccc([C@@H](c2ccc(Cl)c(C(F)(F)F)c2)N2CC(C(N)=O)NC2=O)cc1. The topological polar surface area (TPSA) is 99.2 Å². The van der Waals surface area contributed by atoms with Gasteiger partial charge in [-0.1, -0.05) is 29.8 Å². The molecule has 2 aromatic rings. The van der Waals surface area contributed by atoms with Gasteiger partial charge in [-0.25, -0.2) is 4.79 Å². The van der Waals surface area contributed by atoms with Gasteiger partial charge in [0.2, 0.25) is 5.91 Å². The molecule has 10 heteroatoms. The molecule has 0 aliphatic carbocycles. The van der Waals surface area contributed by atoms with Gasteiger partial charge in [0.1, 0.15) is 6.04 Å². The lowest BCUT2D eigenvalue weighted by Crippen LogP contribution is -2.39. The van der Waals surface area contributed by atoms with Gasteiger partial charge in [0.05, 0.1) is 34.8 Å². The Morgan fingerprint density at radius 3 is 2.38 bits per heavy atom. The lowest BCUT2D eigenvalue weighted by atomic mass is 9.94. The Bertz CT molecular complexity index is 1000. The van der Waals surface area contributed by atoms with Crippen molar-refractivity contribution in [3.63, 3.8) is 0 Å². The van der Waals surface area contributed by atoms with E-state index in [0.717, 1.165) is 12.1 Å². The zero-order chi connectivity index (χ0) is 21.3. The molecule has 1 aliphatic rings. The van der Waals surface area contributed by atoms with Crippen LogP contribution in [0.2, 0.25) is 5.02 Å². The predicted molar refractivity (Wildman–Crippen MR) is 97.7 cm³/mol. The summed E-state index contributed by atoms with van der Waals surface area (Å²) in [6.07, 6.45) is -4.69. The zero-order valence-corrected chi connectivity index (χ0v) is 15.5. The molecule has 0 aromatic heterocycles. The second kappa shape index (κ2) is 7.64. The van der Waals surface area contributed by atoms with Gasteiger partial charge in [-0.05, 0) is 35.4 Å². The summed E-state index contributed by atoms with van der Waals surface area (Å²) in [7, 11) is 0. The quantitative estimate of drug-likeness (QED) is 0.791. The average Bonchev–Trinajstić information content (AvgIpc) is 3.05. The molecular weight excluding hydrogens is 409 g/mol. The molecule has 0 saturated carbocycles. The number of nitrogens with two attached hydrogens (primary N) is 1. The van der Waals surface area contributed by atoms with Crippen LogP contribution in [0.3, 0.4) is 0 Å². The van der Waals surface area contributed by atoms with Crippen molar-refractivity contribution >= 4 is 23.5 Å². The van der Waals surface area contributed by atoms with Crippen LogP contribution in [0.1, 0.15) is 28.3 Å². The first-order valence-corrected chi connectivity index (χ1v) is 8.72. The maximum Gasteiger partial charge on any atom is 0.417 e. The van der Waals surface area contributed by atoms with Crippen molar-refractivity contribution < 1.29 is 22.8 Å². The largest absolute Gasteiger partial charge is 0.417 e. The molecule has 3 rings (SSSR count). The Morgan fingerprint density at radius 2 is 1.86 bits per heavy atom. The number of primary amides is 1. The summed E-state index contributed by atoms with van der Waals surface area (Å²) < 4.78 is 40.0. The first-order chi connectivity index (χ1) is 13.6. The van der Waals surface area contributed by atoms with Crippen LogP contribution < -0.4 is 11.1 Å². The first-order valence-electron chi connectivity index (χ1n) is 8.35. The Hall–Kier alpha value is -3.25. The van der Waals surface area contributed by atoms with Gasteiger partial charge in [-0.15, -0.1) is 0 Å². The van der Waals surface area contributed by atoms with Crippen molar-refractivity contribution in [3.05, 3.63) is 69.7 Å². The number of nitrogens with one attached hydrogen (secondary N) is 1. The number of urea groups is 1. The molecular formula is C19H14ClF3N4O2. The number of carbonyl (C=O) groups excluding carboxylic acids is 2. The van der Waals surface area contributed by atoms with E-state index < -0.39 is 40.8 Å². The van der Waals surface area contributed by atoms with Crippen LogP contribution in [0.25, 0.3) is 0 Å². The standard InChI is InChI=1S/C19H14ClF3N4O2/c20-14-6-5-12(7-13(14)19(21,22)23)16(11-3-1-10(8-24)2-4-11)27-9-15(17(25)28)26-18(27)29/h1-7,15-16H,9H2,(H2,25,28)(H,26,29)/t15?,16-/m0/s1. The summed E-state index contributed by atoms with van der Waals surface area (Å²) in [5.74, 6) is -0.758. The number of rotatable bonds is 4. The Kier molecular flexibility index (Phi) is 5.40. The smallest absolute Gasteiger partial charge is 0.368 e. The third kappa shape index (κ3) is 4.12. The third-order valence-corrected chi connectivity index (χ3v) is 4.89. The normalized spacial score (nSPS) is 17.6. The molecule has 2 atom stereocenters. The number of nitriles is 1. The van der Waals surface area contributed by atoms with E-state index in [1.54, 1.807) is 0 Å². The minimum Gasteiger partial charge on any atom is -0.368 e. The Morgan fingerprint density at radius 1 is 1.24 bits per heavy atom. The van der Waals surface area contributed by atoms with Crippen molar-refractivity contribution in [3.8, 4) is 6.07 Å². The number of hydrogen-bond acceptors (Lipinski definition) is 3. The molecule has 150 valence electrons. The van der Waals surface area contributed by atoms with Crippen molar-refractivity contribution in [1.82, 2.24) is 10.2 Å². The highest BCUT2D eigenvalue weighted by atomic mass is 35.5. The highest BCUT2D eigenvalue weighted by Gasteiger charge is 2.39. The number of nitrogens with zero attached hydrogens (tertiary/aromatic N) is 2. The molecule has 1 fully saturated rings. The fraction of sp³-hybridized carbons (Fsp3) is 0.211. The highest BCUT2D eigenvalue weighted by molar-refractivity contribution is 6.31. The highest BCUT2D eigenvalue weighted by Crippen LogP contribution is 2.39. The van der Waals surface area contributed by atoms with Crippen LogP contribution in [0, 0.1) is 11.3 Å². The van der Waals surface area contributed by atoms with Crippen molar-refractivity contribution in [2.45, 2.75) is 18.3 Å². The summed E-state index contributed by atoms with van der Waals surface area (Å²) in [6, 6.07) is 8.79. The average molecular weight is 423 g/mol. The van der Waals surface area contributed by atoms with Crippen LogP contribution in [-0.2, 0) is 11.0 Å². The number of halogens is 4. The van der Waals surface area contributed by atoms with Gasteiger partial charge in [0, 0.05) is 0 Å². The van der Waals surface area contributed by atoms with E-state index in [4.69, 9.17) is 22.6 Å². The molecule has 1 heterocycles. The molecule has 1 aliphatic heterocycles. The van der Waals surface area contributed by atoms with Crippen molar-refractivity contribution in [2.24, 2.45) is 5.73 Å². The summed E-state index contributed by atoms with van der Waals surface area (Å²) in [6.45, 7) is -0.122. The number of amides is 3. The minimum absolute atomic E-state index is 0.122. The van der Waals surface area contributed by atoms with E-state index in [1.165, 1.54) is 35.2 Å². The third-order valence-electron chi connectivity index (χ3n) is 4.56. The molecule has 2 aromatic carbocycles. The molecule has 0 spiro atoms. The molecule has 6 nitrogen and oxygen atoms in total. The van der Waals surface area contributed by atoms with E-state index in [0.29, 0.717) is 11.1 Å². The molecule has 3 amide bonds. The second-order valence-corrected chi connectivity index (χ2v) is 6.84. The maximum atomic E-state index is 13.3. The molecule has 29 heavy (non-hydrogen) atoms. The maximum absolute atomic E-state index is 13.3. The fourth-order valence-electron chi connectivity index (χ4n) is 3.16. The molecule has 1 saturated heterocycles. The molecule has 0 bridgehead atoms. The minimum atomic E-state index is -4.69. The van der Waals surface area contributed by atoms with Crippen LogP contribution in [0.5, 0.6) is 0 Å². The molecule has 1 unspecified atom stereocenters. The lowest BCUT2D eigenvalue weighted by molar-refractivity contribution is -0.137. The lowest BCUT2D eigenvalue weighted by Gasteiger charge is -2.28. The Balaban J connectivity index is 2.12. The summed E-state index contributed by atoms with van der Waals surface area (Å²) in [5.41, 5.74) is 5.17. The first kappa shape index (κ1) is 20.5. The summed E-state index contributed by atoms with van der Waals surface area (Å²) in [5, 5.41) is 10.9. The van der Waals surface area contributed by atoms with E-state index >= 15 is 0 Å². The van der Waals surface area contributed by atoms with Crippen LogP contribution in [0.15, 0.2) is 42.5 Å². The molecule has 3 N–H and O–H groups in total. The van der Waals surface area contributed by atoms with Gasteiger partial charge < -0.3 is 16.0 Å². The number of hydrogen-bond donors (Lipinski definition) is 2. The van der Waals surface area contributed by atoms with Gasteiger partial charge in [0.25, 0.3) is 0 Å². The monoisotopic (exact) mass is 422 g/mol. The number of benzene rings is 2. The van der Waals surface area contributed by atoms with Gasteiger partial charge in [0.15, 0.2) is 0 Å². The van der Waals surface area contributed by atoms with Crippen LogP contribution in [0.4, 0.5) is 18.0 Å². The van der Waals surface area contributed by atoms with Gasteiger partial charge in [-0.2, -0.15) is 18.4 Å². The summed E-state index contributed by atoms with van der Waals surface area (Å²) >= 11 is 5.71. The van der Waals surface area contributed by atoms with E-state index in [9.17, 15) is 22.8 Å². The van der Waals surface area contributed by atoms with Gasteiger partial charge >= 0.3 is 12.2 Å².